The zero-order valence-electron chi connectivity index (χ0n) is 23.2. The number of carbonyl (C=O) groups excluding carboxylic acids is 1. The molecule has 1 amide bonds. The highest BCUT2D eigenvalue weighted by atomic mass is 16.5. The van der Waals surface area contributed by atoms with Gasteiger partial charge in [-0.05, 0) is 50.4 Å². The van der Waals surface area contributed by atoms with Gasteiger partial charge >= 0.3 is 0 Å². The second-order valence-electron chi connectivity index (χ2n) is 8.59. The van der Waals surface area contributed by atoms with Crippen LogP contribution in [0, 0.1) is 5.41 Å². The molecule has 0 radical (unpaired) electrons. The van der Waals surface area contributed by atoms with Gasteiger partial charge in [-0.15, -0.1) is 0 Å². The normalized spacial score (nSPS) is 15.9. The van der Waals surface area contributed by atoms with Crippen LogP contribution in [0.3, 0.4) is 0 Å². The lowest BCUT2D eigenvalue weighted by Crippen LogP contribution is -2.29. The number of hydrogen-bond donors (Lipinski definition) is 6. The molecular weight excluding hydrogens is 494 g/mol. The first kappa shape index (κ1) is 31.2. The number of nitrogens with one attached hydrogen (secondary N) is 3. The van der Waals surface area contributed by atoms with Gasteiger partial charge in [-0.2, -0.15) is 0 Å². The molecule has 2 aromatic carbocycles. The maximum absolute atomic E-state index is 12.5. The van der Waals surface area contributed by atoms with Gasteiger partial charge in [0.15, 0.2) is 0 Å². The maximum Gasteiger partial charge on any atom is 0.255 e. The minimum atomic E-state index is -0.251. The molecule has 0 bridgehead atoms. The maximum atomic E-state index is 12.5. The van der Waals surface area contributed by atoms with Gasteiger partial charge in [-0.1, -0.05) is 50.2 Å². The van der Waals surface area contributed by atoms with E-state index in [1.807, 2.05) is 44.2 Å². The van der Waals surface area contributed by atoms with Crippen molar-refractivity contribution in [3.8, 4) is 5.75 Å². The number of aliphatic hydroxyl groups is 1. The molecule has 0 atom stereocenters. The molecule has 10 heteroatoms. The van der Waals surface area contributed by atoms with Crippen molar-refractivity contribution in [2.75, 3.05) is 25.2 Å². The molecule has 210 valence electrons. The first-order valence-electron chi connectivity index (χ1n) is 13.2. The zero-order chi connectivity index (χ0) is 28.8. The lowest BCUT2D eigenvalue weighted by molar-refractivity contribution is 0.0948. The number of ether oxygens (including phenoxy) is 1. The van der Waals surface area contributed by atoms with Crippen LogP contribution < -0.4 is 26.8 Å². The summed E-state index contributed by atoms with van der Waals surface area (Å²) >= 11 is 0. The van der Waals surface area contributed by atoms with Crippen molar-refractivity contribution in [1.82, 2.24) is 15.3 Å². The summed E-state index contributed by atoms with van der Waals surface area (Å²) in [6.45, 7) is 4.33. The standard InChI is InChI=1S/C26H30N6O3.C2H6.CH5N/c1-35-21-5-3-2-4-20(21)26(34)29-14-16-6-8-17(9-7-16)23(27)22-24(28)30-15-31-25(22)32-18-10-12-19(33)13-11-18;2*1-2/h2-9,15,18-19,27,33H,10-14H2,1H3,(H,29,34)(H3,28,30,31,32);1-2H3;2H2,1H3. The Labute approximate surface area is 230 Å². The van der Waals surface area contributed by atoms with Crippen LogP contribution in [0.25, 0.3) is 0 Å². The predicted molar refractivity (Wildman–Crippen MR) is 156 cm³/mol. The highest BCUT2D eigenvalue weighted by Crippen LogP contribution is 2.26. The van der Waals surface area contributed by atoms with E-state index < -0.39 is 0 Å². The Bertz CT molecular complexity index is 1190. The van der Waals surface area contributed by atoms with Crippen molar-refractivity contribution in [2.45, 2.75) is 58.2 Å². The third kappa shape index (κ3) is 8.49. The Morgan fingerprint density at radius 3 is 2.33 bits per heavy atom. The minimum absolute atomic E-state index is 0.161. The van der Waals surface area contributed by atoms with Gasteiger partial charge in [-0.3, -0.25) is 10.2 Å². The molecule has 1 heterocycles. The lowest BCUT2D eigenvalue weighted by atomic mass is 9.93. The van der Waals surface area contributed by atoms with Crippen LogP contribution in [0.5, 0.6) is 5.75 Å². The number of nitrogens with two attached hydrogens (primary N) is 2. The van der Waals surface area contributed by atoms with E-state index in [1.54, 1.807) is 18.2 Å². The summed E-state index contributed by atoms with van der Waals surface area (Å²) in [4.78, 5) is 21.0. The van der Waals surface area contributed by atoms with Gasteiger partial charge in [0.25, 0.3) is 5.91 Å². The second-order valence-corrected chi connectivity index (χ2v) is 8.59. The van der Waals surface area contributed by atoms with E-state index in [-0.39, 0.29) is 29.6 Å². The third-order valence-corrected chi connectivity index (χ3v) is 6.21. The largest absolute Gasteiger partial charge is 0.496 e. The Morgan fingerprint density at radius 1 is 1.05 bits per heavy atom. The number of hydrogen-bond acceptors (Lipinski definition) is 9. The van der Waals surface area contributed by atoms with Crippen molar-refractivity contribution >= 4 is 23.3 Å². The summed E-state index contributed by atoms with van der Waals surface area (Å²) in [6.07, 6.45) is 4.26. The number of benzene rings is 2. The average Bonchev–Trinajstić information content (AvgIpc) is 2.99. The van der Waals surface area contributed by atoms with Gasteiger partial charge in [0.1, 0.15) is 23.7 Å². The number of aliphatic hydroxyl groups excluding tert-OH is 1. The number of nitrogens with zero attached hydrogens (tertiary/aromatic N) is 2. The zero-order valence-corrected chi connectivity index (χ0v) is 23.2. The molecule has 1 fully saturated rings. The van der Waals surface area contributed by atoms with Crippen molar-refractivity contribution in [1.29, 1.82) is 5.41 Å². The van der Waals surface area contributed by atoms with E-state index in [4.69, 9.17) is 15.9 Å². The highest BCUT2D eigenvalue weighted by molar-refractivity contribution is 6.16. The fraction of sp³-hybridized carbons (Fsp3) is 0.379. The second kappa shape index (κ2) is 16.1. The topological polar surface area (TPSA) is 172 Å². The molecule has 1 aliphatic carbocycles. The number of nitrogen functional groups attached to an aromatic ring is 1. The monoisotopic (exact) mass is 535 g/mol. The molecule has 1 saturated carbocycles. The molecule has 0 unspecified atom stereocenters. The molecule has 0 saturated heterocycles. The van der Waals surface area contributed by atoms with Gasteiger partial charge in [-0.25, -0.2) is 9.97 Å². The minimum Gasteiger partial charge on any atom is -0.496 e. The van der Waals surface area contributed by atoms with Crippen molar-refractivity contribution < 1.29 is 14.6 Å². The molecule has 10 nitrogen and oxygen atoms in total. The van der Waals surface area contributed by atoms with Crippen LogP contribution in [-0.2, 0) is 6.54 Å². The number of amides is 1. The molecule has 3 aromatic rings. The number of para-hydroxylation sites is 1. The van der Waals surface area contributed by atoms with Gasteiger partial charge in [0, 0.05) is 18.2 Å². The Balaban J connectivity index is 0.00000127. The molecule has 0 spiro atoms. The van der Waals surface area contributed by atoms with Crippen molar-refractivity contribution in [3.05, 3.63) is 77.1 Å². The van der Waals surface area contributed by atoms with Gasteiger partial charge in [0.2, 0.25) is 0 Å². The number of methoxy groups -OCH3 is 1. The first-order chi connectivity index (χ1) is 19.0. The van der Waals surface area contributed by atoms with Crippen molar-refractivity contribution in [2.24, 2.45) is 5.73 Å². The molecule has 39 heavy (non-hydrogen) atoms. The Kier molecular flexibility index (Phi) is 12.8. The summed E-state index contributed by atoms with van der Waals surface area (Å²) in [6, 6.07) is 14.6. The fourth-order valence-corrected chi connectivity index (χ4v) is 4.21. The van der Waals surface area contributed by atoms with Crippen molar-refractivity contribution in [3.63, 3.8) is 0 Å². The first-order valence-corrected chi connectivity index (χ1v) is 13.2. The molecule has 0 aliphatic heterocycles. The highest BCUT2D eigenvalue weighted by Gasteiger charge is 2.23. The summed E-state index contributed by atoms with van der Waals surface area (Å²) in [5.74, 6) is 1.05. The Hall–Kier alpha value is -4.02. The fourth-order valence-electron chi connectivity index (χ4n) is 4.21. The summed E-state index contributed by atoms with van der Waals surface area (Å²) in [5, 5.41) is 24.8. The van der Waals surface area contributed by atoms with Crippen LogP contribution in [-0.4, -0.2) is 53.0 Å². The van der Waals surface area contributed by atoms with E-state index in [1.165, 1.54) is 20.5 Å². The van der Waals surface area contributed by atoms with Gasteiger partial charge < -0.3 is 31.9 Å². The summed E-state index contributed by atoms with van der Waals surface area (Å²) in [5.41, 5.74) is 13.3. The number of rotatable bonds is 8. The smallest absolute Gasteiger partial charge is 0.255 e. The lowest BCUT2D eigenvalue weighted by Gasteiger charge is -2.27. The Morgan fingerprint density at radius 2 is 1.69 bits per heavy atom. The van der Waals surface area contributed by atoms with E-state index in [9.17, 15) is 9.90 Å². The SMILES string of the molecule is CC.CN.COc1ccccc1C(=O)NCc1ccc(C(=N)c2c(N)ncnc2NC2CCC(O)CC2)cc1. The number of anilines is 2. The molecule has 8 N–H and O–H groups in total. The quantitative estimate of drug-likeness (QED) is 0.237. The van der Waals surface area contributed by atoms with Crippen LogP contribution >= 0.6 is 0 Å². The molecule has 4 rings (SSSR count). The van der Waals surface area contributed by atoms with E-state index in [2.05, 4.69) is 26.3 Å². The molecular formula is C29H41N7O3. The number of aromatic nitrogens is 2. The molecule has 1 aromatic heterocycles. The average molecular weight is 536 g/mol. The summed E-state index contributed by atoms with van der Waals surface area (Å²) < 4.78 is 5.25. The van der Waals surface area contributed by atoms with Crippen LogP contribution in [0.2, 0.25) is 0 Å². The van der Waals surface area contributed by atoms with Crippen LogP contribution in [0.15, 0.2) is 54.9 Å². The van der Waals surface area contributed by atoms with E-state index >= 15 is 0 Å². The van der Waals surface area contributed by atoms with E-state index in [0.29, 0.717) is 34.8 Å². The van der Waals surface area contributed by atoms with Crippen LogP contribution in [0.4, 0.5) is 11.6 Å². The summed E-state index contributed by atoms with van der Waals surface area (Å²) in [7, 11) is 3.03. The van der Waals surface area contributed by atoms with Crippen LogP contribution in [0.1, 0.15) is 66.6 Å². The van der Waals surface area contributed by atoms with Gasteiger partial charge in [0.05, 0.1) is 30.1 Å². The molecule has 1 aliphatic rings. The van der Waals surface area contributed by atoms with E-state index in [0.717, 1.165) is 31.2 Å². The third-order valence-electron chi connectivity index (χ3n) is 6.21. The number of carbonyl (C=O) groups is 1. The predicted octanol–water partition coefficient (Wildman–Crippen LogP) is 3.73.